The monoisotopic (exact) mass is 725 g/mol. The van der Waals surface area contributed by atoms with Crippen LogP contribution in [0.4, 0.5) is 24.7 Å². The highest BCUT2D eigenvalue weighted by Crippen LogP contribution is 2.32. The number of benzene rings is 1. The van der Waals surface area contributed by atoms with Gasteiger partial charge in [-0.15, -0.1) is 0 Å². The Morgan fingerprint density at radius 3 is 2.65 bits per heavy atom. The van der Waals surface area contributed by atoms with Crippen LogP contribution in [0, 0.1) is 10.1 Å². The van der Waals surface area contributed by atoms with Gasteiger partial charge in [0.2, 0.25) is 5.71 Å². The van der Waals surface area contributed by atoms with Gasteiger partial charge in [0.1, 0.15) is 31.0 Å². The number of pyridine rings is 2. The minimum atomic E-state index is -4.74. The molecule has 0 fully saturated rings. The van der Waals surface area contributed by atoms with Crippen LogP contribution in [-0.2, 0) is 17.8 Å². The van der Waals surface area contributed by atoms with E-state index in [0.717, 1.165) is 15.9 Å². The maximum atomic E-state index is 13.1. The van der Waals surface area contributed by atoms with Gasteiger partial charge in [0.05, 0.1) is 60.9 Å². The molecule has 0 radical (unpaired) electrons. The number of aliphatic imine (C=N–C) groups is 1. The van der Waals surface area contributed by atoms with Gasteiger partial charge < -0.3 is 24.7 Å². The van der Waals surface area contributed by atoms with Gasteiger partial charge in [-0.05, 0) is 74.4 Å². The van der Waals surface area contributed by atoms with Gasteiger partial charge in [0.15, 0.2) is 5.78 Å². The van der Waals surface area contributed by atoms with Crippen LogP contribution in [0.15, 0.2) is 94.2 Å². The number of carbonyl (C=O) groups is 1. The fraction of sp³-hybridized carbons (Fsp3) is 0.250. The van der Waals surface area contributed by atoms with E-state index in [4.69, 9.17) is 4.74 Å². The van der Waals surface area contributed by atoms with Crippen molar-refractivity contribution in [3.63, 3.8) is 0 Å². The first-order chi connectivity index (χ1) is 22.8. The minimum absolute atomic E-state index is 0.0127. The van der Waals surface area contributed by atoms with Crippen LogP contribution < -0.4 is 10.1 Å². The van der Waals surface area contributed by atoms with Gasteiger partial charge in [-0.1, -0.05) is 6.07 Å². The molecule has 1 aliphatic heterocycles. The standard InChI is InChI=1S/C32H29BrF3N8O4/c1-44(2,17-20-12-29(32(34,35)36)42-31(20)43(46)47)11-5-7-24(45)13-23-14-25-27(16-38-23)39-19-40-30(25)41-21-8-9-28(26(33)15-21)48-18-22-6-3-4-10-37-22/h3-10,14-16,19H,11-13,17-18H2,1-2H3,(H,39,40,41)/q+1/b7-5+. The predicted molar refractivity (Wildman–Crippen MR) is 175 cm³/mol. The lowest BCUT2D eigenvalue weighted by atomic mass is 10.1. The van der Waals surface area contributed by atoms with E-state index in [2.05, 4.69) is 46.2 Å². The molecule has 0 aliphatic carbocycles. The summed E-state index contributed by atoms with van der Waals surface area (Å²) in [5.41, 5.74) is 1.38. The number of anilines is 2. The van der Waals surface area contributed by atoms with Gasteiger partial charge in [-0.3, -0.25) is 14.8 Å². The summed E-state index contributed by atoms with van der Waals surface area (Å²) in [6.45, 7) is 0.503. The number of rotatable bonds is 13. The van der Waals surface area contributed by atoms with Crippen LogP contribution in [0.25, 0.3) is 10.9 Å². The number of ether oxygens (including phenoxy) is 1. The van der Waals surface area contributed by atoms with Crippen LogP contribution in [-0.4, -0.2) is 74.2 Å². The van der Waals surface area contributed by atoms with Crippen molar-refractivity contribution in [3.05, 3.63) is 111 Å². The molecule has 1 aliphatic rings. The third-order valence-corrected chi connectivity index (χ3v) is 7.81. The quantitative estimate of drug-likeness (QED) is 0.0743. The smallest absolute Gasteiger partial charge is 0.454 e. The summed E-state index contributed by atoms with van der Waals surface area (Å²) in [6, 6.07) is 12.8. The molecule has 3 aromatic heterocycles. The number of carbonyl (C=O) groups excluding carboxylic acids is 1. The molecule has 48 heavy (non-hydrogen) atoms. The number of nitro groups is 1. The number of hydrogen-bond donors (Lipinski definition) is 1. The van der Waals surface area contributed by atoms with E-state index in [1.165, 1.54) is 12.4 Å². The van der Waals surface area contributed by atoms with E-state index in [0.29, 0.717) is 34.8 Å². The highest BCUT2D eigenvalue weighted by molar-refractivity contribution is 9.10. The zero-order chi connectivity index (χ0) is 34.5. The molecule has 0 atom stereocenters. The van der Waals surface area contributed by atoms with Crippen LogP contribution in [0.3, 0.4) is 0 Å². The second-order valence-electron chi connectivity index (χ2n) is 11.5. The summed E-state index contributed by atoms with van der Waals surface area (Å²) in [6.07, 6.45) is 2.22. The number of quaternary nitrogens is 1. The minimum Gasteiger partial charge on any atom is -0.486 e. The molecule has 0 amide bonds. The van der Waals surface area contributed by atoms with E-state index < -0.39 is 29.1 Å². The number of aromatic nitrogens is 4. The van der Waals surface area contributed by atoms with Crippen LogP contribution in [0.1, 0.15) is 17.8 Å². The van der Waals surface area contributed by atoms with Crippen molar-refractivity contribution in [2.24, 2.45) is 4.99 Å². The summed E-state index contributed by atoms with van der Waals surface area (Å²) < 4.78 is 46.0. The van der Waals surface area contributed by atoms with Crippen molar-refractivity contribution in [1.82, 2.24) is 19.9 Å². The van der Waals surface area contributed by atoms with E-state index in [9.17, 15) is 28.1 Å². The first-order valence-electron chi connectivity index (χ1n) is 14.5. The molecule has 4 aromatic rings. The van der Waals surface area contributed by atoms with Crippen molar-refractivity contribution in [3.8, 4) is 5.75 Å². The Labute approximate surface area is 281 Å². The van der Waals surface area contributed by atoms with Crippen molar-refractivity contribution >= 4 is 49.8 Å². The Balaban J connectivity index is 1.21. The van der Waals surface area contributed by atoms with Crippen LogP contribution in [0.5, 0.6) is 5.75 Å². The second kappa shape index (κ2) is 14.4. The van der Waals surface area contributed by atoms with E-state index in [1.807, 2.05) is 36.4 Å². The Hall–Kier alpha value is -5.09. The van der Waals surface area contributed by atoms with Crippen LogP contribution in [0.2, 0.25) is 0 Å². The third-order valence-electron chi connectivity index (χ3n) is 7.19. The topological polar surface area (TPSA) is 145 Å². The van der Waals surface area contributed by atoms with E-state index in [-0.39, 0.29) is 35.3 Å². The summed E-state index contributed by atoms with van der Waals surface area (Å²) in [7, 11) is 3.40. The largest absolute Gasteiger partial charge is 0.486 e. The molecule has 16 heteroatoms. The Morgan fingerprint density at radius 2 is 1.94 bits per heavy atom. The third kappa shape index (κ3) is 8.83. The Morgan fingerprint density at radius 1 is 1.12 bits per heavy atom. The molecule has 1 aromatic carbocycles. The normalized spacial score (nSPS) is 13.7. The molecule has 1 N–H and O–H groups in total. The number of nitrogens with one attached hydrogen (secondary N) is 1. The SMILES string of the molecule is C[N+](C)(C/C=C/C(=O)Cc1cc2c(Nc3ccc(OCc4ccccn4)c(Br)c3)ncnc2cn1)CC1=C([N+](=O)[O-])N=C(C(F)(F)F)C1. The average molecular weight is 727 g/mol. The second-order valence-corrected chi connectivity index (χ2v) is 12.4. The van der Waals surface area contributed by atoms with Crippen molar-refractivity contribution in [2.45, 2.75) is 25.6 Å². The molecule has 0 saturated heterocycles. The van der Waals surface area contributed by atoms with E-state index >= 15 is 0 Å². The maximum absolute atomic E-state index is 13.1. The molecule has 12 nitrogen and oxygen atoms in total. The summed E-state index contributed by atoms with van der Waals surface area (Å²) in [4.78, 5) is 43.7. The highest BCUT2D eigenvalue weighted by Gasteiger charge is 2.47. The van der Waals surface area contributed by atoms with Crippen LogP contribution >= 0.6 is 15.9 Å². The number of nitrogens with zero attached hydrogens (tertiary/aromatic N) is 7. The van der Waals surface area contributed by atoms with Crippen molar-refractivity contribution in [2.75, 3.05) is 32.5 Å². The number of halogens is 4. The molecular weight excluding hydrogens is 697 g/mol. The molecule has 248 valence electrons. The maximum Gasteiger partial charge on any atom is 0.454 e. The fourth-order valence-corrected chi connectivity index (χ4v) is 5.44. The highest BCUT2D eigenvalue weighted by atomic mass is 79.9. The van der Waals surface area contributed by atoms with Crippen molar-refractivity contribution in [1.29, 1.82) is 0 Å². The van der Waals surface area contributed by atoms with E-state index in [1.54, 1.807) is 38.6 Å². The number of fused-ring (bicyclic) bond motifs is 1. The Bertz CT molecular complexity index is 1950. The zero-order valence-electron chi connectivity index (χ0n) is 25.7. The number of ketones is 1. The van der Waals surface area contributed by atoms with Gasteiger partial charge in [0.25, 0.3) is 0 Å². The summed E-state index contributed by atoms with van der Waals surface area (Å²) in [5.74, 6) is 0.115. The Kier molecular flexibility index (Phi) is 10.2. The average Bonchev–Trinajstić information content (AvgIpc) is 3.45. The summed E-state index contributed by atoms with van der Waals surface area (Å²) >= 11 is 3.55. The van der Waals surface area contributed by atoms with Gasteiger partial charge in [-0.2, -0.15) is 13.2 Å². The molecular formula is C32H29BrF3N8O4+. The first-order valence-corrected chi connectivity index (χ1v) is 15.3. The number of hydrogen-bond acceptors (Lipinski definition) is 10. The zero-order valence-corrected chi connectivity index (χ0v) is 27.3. The lowest BCUT2D eigenvalue weighted by molar-refractivity contribution is -0.880. The number of alkyl halides is 3. The lowest BCUT2D eigenvalue weighted by Crippen LogP contribution is -2.41. The molecule has 0 unspecified atom stereocenters. The first kappa shape index (κ1) is 34.3. The van der Waals surface area contributed by atoms with Gasteiger partial charge in [0, 0.05) is 23.0 Å². The molecule has 0 spiro atoms. The number of allylic oxidation sites excluding steroid dienone is 1. The molecule has 5 rings (SSSR count). The molecule has 0 saturated carbocycles. The van der Waals surface area contributed by atoms with Gasteiger partial charge >= 0.3 is 12.0 Å². The summed E-state index contributed by atoms with van der Waals surface area (Å²) in [5, 5.41) is 15.2. The molecule has 0 bridgehead atoms. The van der Waals surface area contributed by atoms with Crippen molar-refractivity contribution < 1.29 is 32.1 Å². The number of likely N-dealkylation sites (N-methyl/N-ethyl adjacent to an activating group) is 1. The van der Waals surface area contributed by atoms with Gasteiger partial charge in [-0.25, -0.2) is 9.97 Å². The fourth-order valence-electron chi connectivity index (χ4n) is 4.94. The predicted octanol–water partition coefficient (Wildman–Crippen LogP) is 6.14. The molecule has 4 heterocycles. The lowest BCUT2D eigenvalue weighted by Gasteiger charge is -2.28.